The van der Waals surface area contributed by atoms with Crippen molar-refractivity contribution in [1.29, 1.82) is 0 Å². The smallest absolute Gasteiger partial charge is 0.264 e. The first-order valence-corrected chi connectivity index (χ1v) is 10.6. The molecule has 0 amide bonds. The lowest BCUT2D eigenvalue weighted by Gasteiger charge is -2.20. The predicted octanol–water partition coefficient (Wildman–Crippen LogP) is 4.65. The second kappa shape index (κ2) is 6.46. The van der Waals surface area contributed by atoms with Gasteiger partial charge in [0.1, 0.15) is 0 Å². The topological polar surface area (TPSA) is 50.3 Å². The van der Waals surface area contributed by atoms with Crippen molar-refractivity contribution in [2.24, 2.45) is 0 Å². The molecule has 0 N–H and O–H groups in total. The highest BCUT2D eigenvalue weighted by Crippen LogP contribution is 2.36. The number of aromatic nitrogens is 1. The molecule has 1 aliphatic rings. The quantitative estimate of drug-likeness (QED) is 0.515. The van der Waals surface area contributed by atoms with E-state index in [1.165, 1.54) is 4.31 Å². The zero-order chi connectivity index (χ0) is 19.1. The van der Waals surface area contributed by atoms with E-state index in [1.807, 2.05) is 54.6 Å². The minimum atomic E-state index is -3.60. The normalized spacial score (nSPS) is 13.6. The number of anilines is 1. The van der Waals surface area contributed by atoms with Gasteiger partial charge in [0.2, 0.25) is 0 Å². The molecule has 138 valence electrons. The van der Waals surface area contributed by atoms with Gasteiger partial charge in [-0.15, -0.1) is 0 Å². The Morgan fingerprint density at radius 2 is 1.57 bits per heavy atom. The van der Waals surface area contributed by atoms with E-state index in [9.17, 15) is 8.42 Å². The molecule has 28 heavy (non-hydrogen) atoms. The number of hydrogen-bond acceptors (Lipinski definition) is 3. The number of nitrogens with zero attached hydrogens (tertiary/aromatic N) is 2. The first-order chi connectivity index (χ1) is 13.6. The minimum absolute atomic E-state index is 0.331. The van der Waals surface area contributed by atoms with Crippen LogP contribution in [0.25, 0.3) is 21.9 Å². The molecular formula is C23H18N2O2S. The maximum absolute atomic E-state index is 13.3. The number of pyridine rings is 1. The van der Waals surface area contributed by atoms with E-state index in [-0.39, 0.29) is 0 Å². The molecule has 4 nitrogen and oxygen atoms in total. The predicted molar refractivity (Wildman–Crippen MR) is 112 cm³/mol. The summed E-state index contributed by atoms with van der Waals surface area (Å²) in [5.74, 6) is 0. The van der Waals surface area contributed by atoms with Gasteiger partial charge in [-0.05, 0) is 70.3 Å². The molecule has 0 bridgehead atoms. The second-order valence-corrected chi connectivity index (χ2v) is 8.78. The molecule has 3 aromatic carbocycles. The van der Waals surface area contributed by atoms with E-state index in [0.717, 1.165) is 33.2 Å². The average Bonchev–Trinajstić information content (AvgIpc) is 3.18. The van der Waals surface area contributed by atoms with Gasteiger partial charge in [0, 0.05) is 18.9 Å². The van der Waals surface area contributed by atoms with Crippen molar-refractivity contribution in [3.8, 4) is 11.1 Å². The van der Waals surface area contributed by atoms with Crippen molar-refractivity contribution < 1.29 is 8.42 Å². The van der Waals surface area contributed by atoms with Crippen molar-refractivity contribution in [3.63, 3.8) is 0 Å². The summed E-state index contributed by atoms with van der Waals surface area (Å²) in [6.45, 7) is 0.463. The summed E-state index contributed by atoms with van der Waals surface area (Å²) < 4.78 is 28.2. The summed E-state index contributed by atoms with van der Waals surface area (Å²) >= 11 is 0. The van der Waals surface area contributed by atoms with Crippen molar-refractivity contribution in [2.45, 2.75) is 11.3 Å². The van der Waals surface area contributed by atoms with Crippen LogP contribution in [0.3, 0.4) is 0 Å². The lowest BCUT2D eigenvalue weighted by Crippen LogP contribution is -2.29. The van der Waals surface area contributed by atoms with Crippen LogP contribution in [-0.4, -0.2) is 19.9 Å². The summed E-state index contributed by atoms with van der Waals surface area (Å²) in [7, 11) is -3.60. The van der Waals surface area contributed by atoms with E-state index in [4.69, 9.17) is 0 Å². The molecule has 1 aliphatic heterocycles. The van der Waals surface area contributed by atoms with E-state index < -0.39 is 10.0 Å². The van der Waals surface area contributed by atoms with Gasteiger partial charge in [-0.25, -0.2) is 8.42 Å². The summed E-state index contributed by atoms with van der Waals surface area (Å²) in [6.07, 6.45) is 4.24. The van der Waals surface area contributed by atoms with Crippen molar-refractivity contribution in [2.75, 3.05) is 10.8 Å². The van der Waals surface area contributed by atoms with Crippen molar-refractivity contribution in [3.05, 3.63) is 90.8 Å². The van der Waals surface area contributed by atoms with Gasteiger partial charge >= 0.3 is 0 Å². The van der Waals surface area contributed by atoms with Gasteiger partial charge in [0.05, 0.1) is 10.6 Å². The minimum Gasteiger partial charge on any atom is -0.266 e. The fourth-order valence-electron chi connectivity index (χ4n) is 3.80. The third-order valence-electron chi connectivity index (χ3n) is 5.26. The average molecular weight is 386 g/mol. The summed E-state index contributed by atoms with van der Waals surface area (Å²) in [4.78, 5) is 4.39. The van der Waals surface area contributed by atoms with Crippen LogP contribution in [0.2, 0.25) is 0 Å². The van der Waals surface area contributed by atoms with Crippen LogP contribution >= 0.6 is 0 Å². The highest BCUT2D eigenvalue weighted by atomic mass is 32.2. The number of rotatable bonds is 3. The first-order valence-electron chi connectivity index (χ1n) is 9.18. The zero-order valence-electron chi connectivity index (χ0n) is 15.1. The first kappa shape index (κ1) is 17.0. The van der Waals surface area contributed by atoms with Crippen LogP contribution in [0.5, 0.6) is 0 Å². The molecule has 0 saturated heterocycles. The largest absolute Gasteiger partial charge is 0.266 e. The highest BCUT2D eigenvalue weighted by molar-refractivity contribution is 7.92. The molecule has 0 atom stereocenters. The second-order valence-electron chi connectivity index (χ2n) is 6.92. The number of hydrogen-bond donors (Lipinski definition) is 0. The molecule has 0 saturated carbocycles. The van der Waals surface area contributed by atoms with Crippen LogP contribution in [0.4, 0.5) is 5.69 Å². The SMILES string of the molecule is O=S(=O)(c1ccc2ccccc2c1)N1CCc2cc(-c3ccncc3)ccc21. The third kappa shape index (κ3) is 2.75. The van der Waals surface area contributed by atoms with Gasteiger partial charge in [-0.1, -0.05) is 36.4 Å². The third-order valence-corrected chi connectivity index (χ3v) is 7.06. The Balaban J connectivity index is 1.54. The highest BCUT2D eigenvalue weighted by Gasteiger charge is 2.31. The van der Waals surface area contributed by atoms with Crippen LogP contribution < -0.4 is 4.31 Å². The van der Waals surface area contributed by atoms with Crippen LogP contribution in [-0.2, 0) is 16.4 Å². The van der Waals surface area contributed by atoms with E-state index in [1.54, 1.807) is 24.5 Å². The van der Waals surface area contributed by atoms with Crippen molar-refractivity contribution in [1.82, 2.24) is 4.98 Å². The Morgan fingerprint density at radius 1 is 0.786 bits per heavy atom. The number of fused-ring (bicyclic) bond motifs is 2. The molecule has 5 heteroatoms. The maximum atomic E-state index is 13.3. The van der Waals surface area contributed by atoms with Gasteiger partial charge in [0.25, 0.3) is 10.0 Å². The van der Waals surface area contributed by atoms with E-state index in [2.05, 4.69) is 11.1 Å². The van der Waals surface area contributed by atoms with Crippen molar-refractivity contribution >= 4 is 26.5 Å². The summed E-state index contributed by atoms with van der Waals surface area (Å²) in [5, 5.41) is 1.96. The monoisotopic (exact) mass is 386 g/mol. The molecule has 1 aromatic heterocycles. The van der Waals surface area contributed by atoms with Gasteiger partial charge < -0.3 is 0 Å². The Labute approximate surface area is 164 Å². The van der Waals surface area contributed by atoms with E-state index in [0.29, 0.717) is 17.9 Å². The molecule has 4 aromatic rings. The van der Waals surface area contributed by atoms with Crippen LogP contribution in [0, 0.1) is 0 Å². The standard InChI is InChI=1S/C23H18N2O2S/c26-28(27,22-7-5-17-3-1-2-4-19(17)16-22)25-14-11-21-15-20(6-8-23(21)25)18-9-12-24-13-10-18/h1-10,12-13,15-16H,11,14H2. The summed E-state index contributed by atoms with van der Waals surface area (Å²) in [5.41, 5.74) is 3.98. The Bertz CT molecular complexity index is 1280. The summed E-state index contributed by atoms with van der Waals surface area (Å²) in [6, 6.07) is 23.0. The molecule has 0 spiro atoms. The lowest BCUT2D eigenvalue weighted by molar-refractivity contribution is 0.592. The Morgan fingerprint density at radius 3 is 2.39 bits per heavy atom. The number of sulfonamides is 1. The molecule has 5 rings (SSSR count). The lowest BCUT2D eigenvalue weighted by atomic mass is 10.0. The van der Waals surface area contributed by atoms with Crippen LogP contribution in [0.15, 0.2) is 90.1 Å². The van der Waals surface area contributed by atoms with E-state index >= 15 is 0 Å². The maximum Gasteiger partial charge on any atom is 0.264 e. The molecule has 0 aliphatic carbocycles. The fraction of sp³-hybridized carbons (Fsp3) is 0.0870. The van der Waals surface area contributed by atoms with Gasteiger partial charge in [-0.2, -0.15) is 0 Å². The zero-order valence-corrected chi connectivity index (χ0v) is 15.9. The molecular weight excluding hydrogens is 368 g/mol. The molecule has 2 heterocycles. The van der Waals surface area contributed by atoms with Crippen LogP contribution in [0.1, 0.15) is 5.56 Å². The Hall–Kier alpha value is -3.18. The molecule has 0 radical (unpaired) electrons. The molecule has 0 unspecified atom stereocenters. The Kier molecular flexibility index (Phi) is 3.91. The van der Waals surface area contributed by atoms with Gasteiger partial charge in [-0.3, -0.25) is 9.29 Å². The number of benzene rings is 3. The fourth-order valence-corrected chi connectivity index (χ4v) is 5.34. The molecule has 0 fully saturated rings. The van der Waals surface area contributed by atoms with Gasteiger partial charge in [0.15, 0.2) is 0 Å².